The molecule has 0 rings (SSSR count). The number of aliphatic hydroxyl groups excluding tert-OH is 1. The van der Waals surface area contributed by atoms with Gasteiger partial charge in [0.15, 0.2) is 0 Å². The monoisotopic (exact) mass is 300 g/mol. The third kappa shape index (κ3) is 22.4. The molecule has 0 aliphatic carbocycles. The van der Waals surface area contributed by atoms with Crippen LogP contribution in [0.1, 0.15) is 124 Å². The molecule has 0 aromatic rings. The topological polar surface area (TPSA) is 20.2 Å². The molecule has 1 heteroatoms. The SMILES string of the molecule is C.CCCCCCCCCCCCCCCCCCCO. The second-order valence-electron chi connectivity index (χ2n) is 6.38. The summed E-state index contributed by atoms with van der Waals surface area (Å²) >= 11 is 0. The molecule has 130 valence electrons. The predicted octanol–water partition coefficient (Wildman–Crippen LogP) is 7.27. The van der Waals surface area contributed by atoms with Crippen LogP contribution >= 0.6 is 0 Å². The second-order valence-corrected chi connectivity index (χ2v) is 6.38. The number of unbranched alkanes of at least 4 members (excludes halogenated alkanes) is 16. The quantitative estimate of drug-likeness (QED) is 0.280. The van der Waals surface area contributed by atoms with Gasteiger partial charge in [-0.3, -0.25) is 0 Å². The molecule has 0 aromatic carbocycles. The van der Waals surface area contributed by atoms with Gasteiger partial charge in [-0.25, -0.2) is 0 Å². The van der Waals surface area contributed by atoms with Crippen LogP contribution in [0.2, 0.25) is 0 Å². The van der Waals surface area contributed by atoms with Gasteiger partial charge >= 0.3 is 0 Å². The van der Waals surface area contributed by atoms with Gasteiger partial charge in [0.2, 0.25) is 0 Å². The van der Waals surface area contributed by atoms with Crippen LogP contribution in [0.15, 0.2) is 0 Å². The van der Waals surface area contributed by atoms with Gasteiger partial charge in [-0.2, -0.15) is 0 Å². The summed E-state index contributed by atoms with van der Waals surface area (Å²) in [6.07, 6.45) is 23.7. The molecule has 0 saturated heterocycles. The van der Waals surface area contributed by atoms with Crippen molar-refractivity contribution in [3.8, 4) is 0 Å². The maximum atomic E-state index is 8.68. The van der Waals surface area contributed by atoms with Gasteiger partial charge in [-0.15, -0.1) is 0 Å². The first-order valence-corrected chi connectivity index (χ1v) is 9.52. The van der Waals surface area contributed by atoms with E-state index in [1.54, 1.807) is 0 Å². The van der Waals surface area contributed by atoms with Crippen molar-refractivity contribution in [2.75, 3.05) is 6.61 Å². The maximum Gasteiger partial charge on any atom is 0.0431 e. The van der Waals surface area contributed by atoms with Gasteiger partial charge in [0.25, 0.3) is 0 Å². The zero-order valence-corrected chi connectivity index (χ0v) is 14.2. The van der Waals surface area contributed by atoms with Crippen molar-refractivity contribution in [1.29, 1.82) is 0 Å². The number of hydrogen-bond donors (Lipinski definition) is 1. The van der Waals surface area contributed by atoms with Crippen LogP contribution in [0, 0.1) is 0 Å². The molecule has 1 nitrogen and oxygen atoms in total. The third-order valence-electron chi connectivity index (χ3n) is 4.26. The van der Waals surface area contributed by atoms with Gasteiger partial charge in [0.1, 0.15) is 0 Å². The van der Waals surface area contributed by atoms with Gasteiger partial charge in [0, 0.05) is 6.61 Å². The zero-order valence-electron chi connectivity index (χ0n) is 14.2. The summed E-state index contributed by atoms with van der Waals surface area (Å²) in [5.41, 5.74) is 0. The highest BCUT2D eigenvalue weighted by Gasteiger charge is 1.94. The minimum Gasteiger partial charge on any atom is -0.396 e. The number of aliphatic hydroxyl groups is 1. The molecule has 0 aliphatic heterocycles. The van der Waals surface area contributed by atoms with E-state index in [4.69, 9.17) is 5.11 Å². The van der Waals surface area contributed by atoms with E-state index in [1.165, 1.54) is 103 Å². The van der Waals surface area contributed by atoms with E-state index in [2.05, 4.69) is 6.92 Å². The van der Waals surface area contributed by atoms with Gasteiger partial charge in [0.05, 0.1) is 0 Å². The van der Waals surface area contributed by atoms with Crippen molar-refractivity contribution in [3.63, 3.8) is 0 Å². The second kappa shape index (κ2) is 22.2. The molecule has 0 aromatic heterocycles. The average Bonchev–Trinajstić information content (AvgIpc) is 2.47. The number of rotatable bonds is 17. The van der Waals surface area contributed by atoms with Crippen molar-refractivity contribution >= 4 is 0 Å². The predicted molar refractivity (Wildman–Crippen MR) is 98.0 cm³/mol. The van der Waals surface area contributed by atoms with Crippen LogP contribution in [-0.2, 0) is 0 Å². The Balaban J connectivity index is 0. The minimum absolute atomic E-state index is 0. The van der Waals surface area contributed by atoms with E-state index in [0.717, 1.165) is 6.42 Å². The van der Waals surface area contributed by atoms with E-state index in [0.29, 0.717) is 6.61 Å². The lowest BCUT2D eigenvalue weighted by atomic mass is 10.0. The summed E-state index contributed by atoms with van der Waals surface area (Å²) in [6.45, 7) is 2.66. The Morgan fingerprint density at radius 1 is 0.429 bits per heavy atom. The first-order valence-electron chi connectivity index (χ1n) is 9.52. The molecule has 0 amide bonds. The molecule has 0 atom stereocenters. The highest BCUT2D eigenvalue weighted by Crippen LogP contribution is 2.13. The van der Waals surface area contributed by atoms with Crippen molar-refractivity contribution in [3.05, 3.63) is 0 Å². The first kappa shape index (κ1) is 23.2. The number of hydrogen-bond acceptors (Lipinski definition) is 1. The Kier molecular flexibility index (Phi) is 24.6. The Bertz CT molecular complexity index is 138. The van der Waals surface area contributed by atoms with Crippen LogP contribution in [0.4, 0.5) is 0 Å². The molecule has 0 aliphatic rings. The Hall–Kier alpha value is -0.0400. The van der Waals surface area contributed by atoms with Crippen molar-refractivity contribution in [1.82, 2.24) is 0 Å². The largest absolute Gasteiger partial charge is 0.396 e. The van der Waals surface area contributed by atoms with E-state index < -0.39 is 0 Å². The third-order valence-corrected chi connectivity index (χ3v) is 4.26. The Labute approximate surface area is 135 Å². The van der Waals surface area contributed by atoms with Gasteiger partial charge < -0.3 is 5.11 Å². The molecule has 0 radical (unpaired) electrons. The van der Waals surface area contributed by atoms with Crippen LogP contribution in [0.3, 0.4) is 0 Å². The summed E-state index contributed by atoms with van der Waals surface area (Å²) in [4.78, 5) is 0. The average molecular weight is 301 g/mol. The lowest BCUT2D eigenvalue weighted by Gasteiger charge is -2.03. The summed E-state index contributed by atoms with van der Waals surface area (Å²) in [7, 11) is 0. The van der Waals surface area contributed by atoms with Crippen LogP contribution in [0.25, 0.3) is 0 Å². The molecule has 0 spiro atoms. The van der Waals surface area contributed by atoms with Crippen LogP contribution < -0.4 is 0 Å². The molecular formula is C20H44O. The Morgan fingerprint density at radius 3 is 0.905 bits per heavy atom. The smallest absolute Gasteiger partial charge is 0.0431 e. The molecule has 0 saturated carbocycles. The molecule has 1 N–H and O–H groups in total. The first-order chi connectivity index (χ1) is 9.91. The summed E-state index contributed by atoms with van der Waals surface area (Å²) in [5, 5.41) is 8.68. The maximum absolute atomic E-state index is 8.68. The molecule has 0 bridgehead atoms. The van der Waals surface area contributed by atoms with Crippen LogP contribution in [0.5, 0.6) is 0 Å². The lowest BCUT2D eigenvalue weighted by molar-refractivity contribution is 0.282. The molecular weight excluding hydrogens is 256 g/mol. The summed E-state index contributed by atoms with van der Waals surface area (Å²) < 4.78 is 0. The van der Waals surface area contributed by atoms with E-state index >= 15 is 0 Å². The molecule has 0 unspecified atom stereocenters. The molecule has 0 heterocycles. The minimum atomic E-state index is 0. The fraction of sp³-hybridized carbons (Fsp3) is 1.00. The van der Waals surface area contributed by atoms with Gasteiger partial charge in [-0.05, 0) is 6.42 Å². The fourth-order valence-corrected chi connectivity index (χ4v) is 2.84. The summed E-state index contributed by atoms with van der Waals surface area (Å²) in [6, 6.07) is 0. The van der Waals surface area contributed by atoms with Crippen molar-refractivity contribution < 1.29 is 5.11 Å². The highest BCUT2D eigenvalue weighted by atomic mass is 16.2. The van der Waals surface area contributed by atoms with Crippen LogP contribution in [-0.4, -0.2) is 11.7 Å². The normalized spacial score (nSPS) is 10.6. The lowest BCUT2D eigenvalue weighted by Crippen LogP contribution is -1.85. The highest BCUT2D eigenvalue weighted by molar-refractivity contribution is 4.49. The van der Waals surface area contributed by atoms with E-state index in [-0.39, 0.29) is 7.43 Å². The Morgan fingerprint density at radius 2 is 0.667 bits per heavy atom. The van der Waals surface area contributed by atoms with Crippen molar-refractivity contribution in [2.24, 2.45) is 0 Å². The fourth-order valence-electron chi connectivity index (χ4n) is 2.84. The van der Waals surface area contributed by atoms with E-state index in [1.807, 2.05) is 0 Å². The van der Waals surface area contributed by atoms with Gasteiger partial charge in [-0.1, -0.05) is 117 Å². The summed E-state index contributed by atoms with van der Waals surface area (Å²) in [5.74, 6) is 0. The zero-order chi connectivity index (χ0) is 14.7. The van der Waals surface area contributed by atoms with Crippen molar-refractivity contribution in [2.45, 2.75) is 124 Å². The van der Waals surface area contributed by atoms with E-state index in [9.17, 15) is 0 Å². The standard InChI is InChI=1S/C19H40O.CH4/c1-2-3-4-5-6-7-8-9-10-11-12-13-14-15-16-17-18-19-20;/h20H,2-19H2,1H3;1H4. The molecule has 21 heavy (non-hydrogen) atoms. The molecule has 0 fully saturated rings.